The number of esters is 2. The summed E-state index contributed by atoms with van der Waals surface area (Å²) in [6.45, 7) is 22.8. The summed E-state index contributed by atoms with van der Waals surface area (Å²) in [5.74, 6) is 1.83. The standard InChI is InChI=1S/C55H94O8S2Si3/c1-11-13-15-23-33-51(65-39-37-55(59)61-45-49-30-21-17-22-31-49)43-47(4)53(57)35-25-27-41-67(7,8)63-68(9,10)62-66(5,6)40-26-24-34-52(56)46(3)42-50(32-18-14-12-2)64-38-36-54(58)60-44-48-28-19-16-20-29-48/h16-17,19-22,28-31,46-47,50-51H,11-15,18,23-27,32-45H2,1-10H3. The van der Waals surface area contributed by atoms with Crippen LogP contribution in [0.2, 0.25) is 51.4 Å². The first-order valence-corrected chi connectivity index (χ1v) is 37.6. The van der Waals surface area contributed by atoms with Crippen molar-refractivity contribution in [1.29, 1.82) is 0 Å². The van der Waals surface area contributed by atoms with Crippen molar-refractivity contribution in [3.05, 3.63) is 71.8 Å². The van der Waals surface area contributed by atoms with Crippen LogP contribution in [-0.4, -0.2) is 70.7 Å². The molecule has 0 aliphatic heterocycles. The quantitative estimate of drug-likeness (QED) is 0.0363. The van der Waals surface area contributed by atoms with Crippen LogP contribution in [0.1, 0.15) is 161 Å². The van der Waals surface area contributed by atoms with Crippen LogP contribution in [0.25, 0.3) is 0 Å². The molecule has 0 aromatic heterocycles. The largest absolute Gasteiger partial charge is 0.461 e. The number of Topliss-reactive ketones (excluding diaryl/α,β-unsaturated/α-hetero) is 2. The van der Waals surface area contributed by atoms with Crippen LogP contribution in [0.15, 0.2) is 60.7 Å². The van der Waals surface area contributed by atoms with E-state index in [1.54, 1.807) is 0 Å². The number of hydrogen-bond donors (Lipinski definition) is 0. The lowest BCUT2D eigenvalue weighted by molar-refractivity contribution is -0.145. The van der Waals surface area contributed by atoms with Gasteiger partial charge in [0.1, 0.15) is 24.8 Å². The topological polar surface area (TPSA) is 105 Å². The minimum atomic E-state index is -2.39. The molecular weight excluding hydrogens is 937 g/mol. The average molecular weight is 1030 g/mol. The molecule has 13 heteroatoms. The van der Waals surface area contributed by atoms with Gasteiger partial charge >= 0.3 is 20.5 Å². The summed E-state index contributed by atoms with van der Waals surface area (Å²) in [7, 11) is -6.43. The van der Waals surface area contributed by atoms with Gasteiger partial charge in [0.05, 0.1) is 12.8 Å². The molecule has 68 heavy (non-hydrogen) atoms. The Morgan fingerprint density at radius 3 is 1.28 bits per heavy atom. The molecule has 0 heterocycles. The smallest absolute Gasteiger partial charge is 0.311 e. The summed E-state index contributed by atoms with van der Waals surface area (Å²) in [6, 6.07) is 21.6. The van der Waals surface area contributed by atoms with E-state index < -0.39 is 25.2 Å². The zero-order valence-electron chi connectivity index (χ0n) is 44.3. The van der Waals surface area contributed by atoms with Crippen molar-refractivity contribution < 1.29 is 36.9 Å². The van der Waals surface area contributed by atoms with E-state index in [2.05, 4.69) is 67.0 Å². The summed E-state index contributed by atoms with van der Waals surface area (Å²) >= 11 is 3.67. The minimum absolute atomic E-state index is 0.0106. The number of unbranched alkanes of at least 4 members (excludes halogenated alkanes) is 7. The normalized spacial score (nSPS) is 14.0. The number of thioether (sulfide) groups is 2. The Morgan fingerprint density at radius 1 is 0.500 bits per heavy atom. The maximum Gasteiger partial charge on any atom is 0.311 e. The summed E-state index contributed by atoms with van der Waals surface area (Å²) in [6.07, 6.45) is 17.9. The predicted molar refractivity (Wildman–Crippen MR) is 297 cm³/mol. The number of ketones is 2. The van der Waals surface area contributed by atoms with Gasteiger partial charge < -0.3 is 17.7 Å². The molecule has 2 aromatic rings. The highest BCUT2D eigenvalue weighted by atomic mass is 32.2. The Bertz CT molecular complexity index is 1680. The van der Waals surface area contributed by atoms with Crippen LogP contribution in [-0.2, 0) is 50.1 Å². The first-order chi connectivity index (χ1) is 32.3. The molecule has 4 atom stereocenters. The van der Waals surface area contributed by atoms with Crippen LogP contribution in [0.4, 0.5) is 0 Å². The Balaban J connectivity index is 1.72. The molecular formula is C55H94O8S2Si3. The molecule has 0 amide bonds. The second-order valence-corrected chi connectivity index (χ2v) is 36.2. The number of ether oxygens (including phenoxy) is 2. The number of benzene rings is 2. The second-order valence-electron chi connectivity index (χ2n) is 20.9. The van der Waals surface area contributed by atoms with E-state index in [1.165, 1.54) is 25.7 Å². The summed E-state index contributed by atoms with van der Waals surface area (Å²) in [4.78, 5) is 51.6. The van der Waals surface area contributed by atoms with E-state index in [4.69, 9.17) is 17.7 Å². The molecule has 8 nitrogen and oxygen atoms in total. The zero-order chi connectivity index (χ0) is 50.3. The van der Waals surface area contributed by atoms with Gasteiger partial charge in [-0.1, -0.05) is 146 Å². The molecule has 2 aromatic carbocycles. The van der Waals surface area contributed by atoms with Gasteiger partial charge in [-0.3, -0.25) is 19.2 Å². The molecule has 386 valence electrons. The molecule has 0 radical (unpaired) electrons. The Morgan fingerprint density at radius 2 is 0.882 bits per heavy atom. The van der Waals surface area contributed by atoms with Gasteiger partial charge in [-0.2, -0.15) is 23.5 Å². The molecule has 0 fully saturated rings. The lowest BCUT2D eigenvalue weighted by Gasteiger charge is -2.39. The fourth-order valence-electron chi connectivity index (χ4n) is 8.90. The first kappa shape index (κ1) is 62.1. The minimum Gasteiger partial charge on any atom is -0.461 e. The van der Waals surface area contributed by atoms with Gasteiger partial charge in [0.15, 0.2) is 16.6 Å². The molecule has 0 bridgehead atoms. The second kappa shape index (κ2) is 35.2. The van der Waals surface area contributed by atoms with Crippen LogP contribution < -0.4 is 0 Å². The highest BCUT2D eigenvalue weighted by molar-refractivity contribution is 8.00. The van der Waals surface area contributed by atoms with Gasteiger partial charge in [0.25, 0.3) is 0 Å². The van der Waals surface area contributed by atoms with Crippen molar-refractivity contribution in [2.45, 2.75) is 225 Å². The maximum atomic E-state index is 13.4. The number of carbonyl (C=O) groups is 4. The van der Waals surface area contributed by atoms with E-state index in [1.807, 2.05) is 84.2 Å². The molecule has 0 N–H and O–H groups in total. The van der Waals surface area contributed by atoms with Gasteiger partial charge in [0.2, 0.25) is 0 Å². The first-order valence-electron chi connectivity index (χ1n) is 26.4. The maximum absolute atomic E-state index is 13.4. The molecule has 0 saturated heterocycles. The molecule has 0 saturated carbocycles. The van der Waals surface area contributed by atoms with Crippen LogP contribution in [0.3, 0.4) is 0 Å². The van der Waals surface area contributed by atoms with E-state index in [0.717, 1.165) is 105 Å². The van der Waals surface area contributed by atoms with Crippen molar-refractivity contribution in [3.8, 4) is 0 Å². The third kappa shape index (κ3) is 30.7. The highest BCUT2D eigenvalue weighted by Gasteiger charge is 2.39. The fourth-order valence-corrected chi connectivity index (χ4v) is 25.9. The number of hydrogen-bond acceptors (Lipinski definition) is 10. The Kier molecular flexibility index (Phi) is 32.1. The van der Waals surface area contributed by atoms with E-state index in [9.17, 15) is 19.2 Å². The molecule has 2 rings (SSSR count). The third-order valence-corrected chi connectivity index (χ3v) is 26.7. The summed E-state index contributed by atoms with van der Waals surface area (Å²) < 4.78 is 24.8. The molecule has 4 unspecified atom stereocenters. The van der Waals surface area contributed by atoms with E-state index >= 15 is 0 Å². The van der Waals surface area contributed by atoms with Crippen molar-refractivity contribution in [2.75, 3.05) is 11.5 Å². The third-order valence-electron chi connectivity index (χ3n) is 12.6. The Hall–Kier alpha value is -2.01. The summed E-state index contributed by atoms with van der Waals surface area (Å²) in [5, 5.41) is 0.739. The highest BCUT2D eigenvalue weighted by Crippen LogP contribution is 2.31. The number of rotatable bonds is 41. The lowest BCUT2D eigenvalue weighted by Crippen LogP contribution is -2.52. The number of carbonyl (C=O) groups excluding carboxylic acids is 4. The predicted octanol–water partition coefficient (Wildman–Crippen LogP) is 15.7. The van der Waals surface area contributed by atoms with Gasteiger partial charge in [-0.05, 0) is 101 Å². The SMILES string of the molecule is CCCCCCC(CC(C)C(=O)CCCC[Si](C)(C)O[Si](C)(C)O[Si](C)(C)CCCCC(=O)C(C)CC(CCCCC)SCCC(=O)OCc1ccccc1)SCCC(=O)OCc1ccccc1. The van der Waals surface area contributed by atoms with Crippen molar-refractivity contribution in [2.24, 2.45) is 11.8 Å². The summed E-state index contributed by atoms with van der Waals surface area (Å²) in [5.41, 5.74) is 1.99. The molecule has 0 aliphatic carbocycles. The van der Waals surface area contributed by atoms with Gasteiger partial charge in [-0.25, -0.2) is 0 Å². The molecule has 0 aliphatic rings. The monoisotopic (exact) mass is 1030 g/mol. The van der Waals surface area contributed by atoms with Gasteiger partial charge in [-0.15, -0.1) is 0 Å². The average Bonchev–Trinajstić information content (AvgIpc) is 3.28. The van der Waals surface area contributed by atoms with Crippen LogP contribution in [0, 0.1) is 11.8 Å². The van der Waals surface area contributed by atoms with Crippen LogP contribution >= 0.6 is 23.5 Å². The van der Waals surface area contributed by atoms with Crippen LogP contribution in [0.5, 0.6) is 0 Å². The van der Waals surface area contributed by atoms with Gasteiger partial charge in [0, 0.05) is 46.7 Å². The van der Waals surface area contributed by atoms with Crippen molar-refractivity contribution >= 4 is 72.2 Å². The van der Waals surface area contributed by atoms with E-state index in [-0.39, 0.29) is 23.8 Å². The lowest BCUT2D eigenvalue weighted by atomic mass is 9.95. The van der Waals surface area contributed by atoms with Crippen molar-refractivity contribution in [3.63, 3.8) is 0 Å². The van der Waals surface area contributed by atoms with Crippen molar-refractivity contribution in [1.82, 2.24) is 0 Å². The zero-order valence-corrected chi connectivity index (χ0v) is 49.0. The fraction of sp³-hybridized carbons (Fsp3) is 0.709. The Labute approximate surface area is 426 Å². The molecule has 0 spiro atoms. The van der Waals surface area contributed by atoms with E-state index in [0.29, 0.717) is 61.0 Å².